The average molecular weight is 536 g/mol. The van der Waals surface area contributed by atoms with Gasteiger partial charge in [-0.15, -0.1) is 6.58 Å². The first-order valence-electron chi connectivity index (χ1n) is 12.8. The zero-order valence-electron chi connectivity index (χ0n) is 22.6. The van der Waals surface area contributed by atoms with E-state index in [0.717, 1.165) is 21.6 Å². The van der Waals surface area contributed by atoms with Crippen LogP contribution in [0.5, 0.6) is 11.5 Å². The highest BCUT2D eigenvalue weighted by Crippen LogP contribution is 2.36. The SMILES string of the molecule is C=CCc1cc(/C=C2\C(=O)NC(=O)N(c3ccc(C)c(C)c3)C2=O)cc(OCC)c1OCc1ccccc1C#N. The number of allylic oxidation sites excluding steroid dienone is 1. The largest absolute Gasteiger partial charge is 0.490 e. The highest BCUT2D eigenvalue weighted by atomic mass is 16.5. The normalized spacial score (nSPS) is 14.1. The van der Waals surface area contributed by atoms with E-state index in [1.165, 1.54) is 6.08 Å². The molecule has 0 spiro atoms. The highest BCUT2D eigenvalue weighted by molar-refractivity contribution is 6.39. The van der Waals surface area contributed by atoms with Crippen molar-refractivity contribution in [2.45, 2.75) is 33.8 Å². The molecule has 1 saturated heterocycles. The van der Waals surface area contributed by atoms with Crippen LogP contribution in [0, 0.1) is 25.2 Å². The van der Waals surface area contributed by atoms with E-state index in [9.17, 15) is 19.6 Å². The van der Waals surface area contributed by atoms with Crippen molar-refractivity contribution in [3.05, 3.63) is 106 Å². The van der Waals surface area contributed by atoms with Crippen molar-refractivity contribution in [2.24, 2.45) is 0 Å². The number of carbonyl (C=O) groups excluding carboxylic acids is 3. The molecule has 0 saturated carbocycles. The monoisotopic (exact) mass is 535 g/mol. The summed E-state index contributed by atoms with van der Waals surface area (Å²) >= 11 is 0. The number of aryl methyl sites for hydroxylation is 2. The van der Waals surface area contributed by atoms with E-state index in [0.29, 0.717) is 46.9 Å². The lowest BCUT2D eigenvalue weighted by atomic mass is 10.0. The Morgan fingerprint density at radius 1 is 1.00 bits per heavy atom. The summed E-state index contributed by atoms with van der Waals surface area (Å²) in [5.41, 5.74) is 4.56. The molecule has 1 heterocycles. The molecule has 1 aliphatic heterocycles. The van der Waals surface area contributed by atoms with Crippen LogP contribution in [0.2, 0.25) is 0 Å². The Morgan fingerprint density at radius 3 is 2.48 bits per heavy atom. The summed E-state index contributed by atoms with van der Waals surface area (Å²) in [7, 11) is 0. The summed E-state index contributed by atoms with van der Waals surface area (Å²) in [6.45, 7) is 9.96. The van der Waals surface area contributed by atoms with Gasteiger partial charge in [-0.25, -0.2) is 9.69 Å². The Bertz CT molecular complexity index is 1580. The molecule has 8 nitrogen and oxygen atoms in total. The molecule has 4 amide bonds. The maximum atomic E-state index is 13.4. The summed E-state index contributed by atoms with van der Waals surface area (Å²) in [5, 5.41) is 11.7. The van der Waals surface area contributed by atoms with Crippen molar-refractivity contribution in [3.8, 4) is 17.6 Å². The number of nitrogens with one attached hydrogen (secondary N) is 1. The standard InChI is InChI=1S/C32H29N3O5/c1-5-9-23-15-22(17-28(39-6-2)29(23)40-19-25-11-8-7-10-24(25)18-33)16-27-30(36)34-32(38)35(31(27)37)26-13-12-20(3)21(4)14-26/h5,7-8,10-17H,1,6,9,19H2,2-4H3,(H,34,36,38)/b27-16+. The van der Waals surface area contributed by atoms with Crippen LogP contribution in [0.25, 0.3) is 6.08 Å². The van der Waals surface area contributed by atoms with Gasteiger partial charge in [0, 0.05) is 11.1 Å². The second-order valence-electron chi connectivity index (χ2n) is 9.22. The molecule has 3 aromatic carbocycles. The number of nitriles is 1. The lowest BCUT2D eigenvalue weighted by Gasteiger charge is -2.27. The van der Waals surface area contributed by atoms with Crippen molar-refractivity contribution in [2.75, 3.05) is 11.5 Å². The predicted octanol–water partition coefficient (Wildman–Crippen LogP) is 5.55. The number of barbiturate groups is 1. The molecule has 202 valence electrons. The number of urea groups is 1. The summed E-state index contributed by atoms with van der Waals surface area (Å²) in [6.07, 6.45) is 3.55. The Hall–Kier alpha value is -5.16. The van der Waals surface area contributed by atoms with Crippen LogP contribution < -0.4 is 19.7 Å². The number of amides is 4. The fourth-order valence-corrected chi connectivity index (χ4v) is 4.33. The van der Waals surface area contributed by atoms with Crippen molar-refractivity contribution in [1.82, 2.24) is 5.32 Å². The van der Waals surface area contributed by atoms with E-state index in [4.69, 9.17) is 9.47 Å². The molecule has 0 aromatic heterocycles. The van der Waals surface area contributed by atoms with Gasteiger partial charge in [-0.05, 0) is 80.3 Å². The van der Waals surface area contributed by atoms with Crippen LogP contribution in [-0.2, 0) is 22.6 Å². The fourth-order valence-electron chi connectivity index (χ4n) is 4.33. The topological polar surface area (TPSA) is 109 Å². The number of hydrogen-bond donors (Lipinski definition) is 1. The minimum Gasteiger partial charge on any atom is -0.490 e. The van der Waals surface area contributed by atoms with Gasteiger partial charge in [-0.1, -0.05) is 30.3 Å². The number of imide groups is 2. The van der Waals surface area contributed by atoms with Gasteiger partial charge in [-0.3, -0.25) is 14.9 Å². The molecule has 0 unspecified atom stereocenters. The molecule has 1 N–H and O–H groups in total. The average Bonchev–Trinajstić information content (AvgIpc) is 2.93. The third kappa shape index (κ3) is 5.79. The molecular weight excluding hydrogens is 506 g/mol. The van der Waals surface area contributed by atoms with Crippen molar-refractivity contribution < 1.29 is 23.9 Å². The summed E-state index contributed by atoms with van der Waals surface area (Å²) < 4.78 is 12.0. The van der Waals surface area contributed by atoms with Gasteiger partial charge in [0.2, 0.25) is 0 Å². The minimum atomic E-state index is -0.806. The van der Waals surface area contributed by atoms with Gasteiger partial charge >= 0.3 is 6.03 Å². The lowest BCUT2D eigenvalue weighted by molar-refractivity contribution is -0.122. The fraction of sp³-hybridized carbons (Fsp3) is 0.188. The molecular formula is C32H29N3O5. The zero-order valence-corrected chi connectivity index (χ0v) is 22.6. The zero-order chi connectivity index (χ0) is 28.8. The van der Waals surface area contributed by atoms with Crippen LogP contribution in [0.4, 0.5) is 10.5 Å². The molecule has 0 aliphatic carbocycles. The van der Waals surface area contributed by atoms with Crippen molar-refractivity contribution in [1.29, 1.82) is 5.26 Å². The molecule has 40 heavy (non-hydrogen) atoms. The van der Waals surface area contributed by atoms with Crippen molar-refractivity contribution >= 4 is 29.6 Å². The van der Waals surface area contributed by atoms with E-state index >= 15 is 0 Å². The Labute approximate surface area is 233 Å². The van der Waals surface area contributed by atoms with Crippen LogP contribution in [0.1, 0.15) is 40.3 Å². The molecule has 0 radical (unpaired) electrons. The number of benzene rings is 3. The minimum absolute atomic E-state index is 0.141. The maximum absolute atomic E-state index is 13.4. The van der Waals surface area contributed by atoms with Crippen LogP contribution in [-0.4, -0.2) is 24.5 Å². The molecule has 3 aromatic rings. The highest BCUT2D eigenvalue weighted by Gasteiger charge is 2.37. The molecule has 1 aliphatic rings. The van der Waals surface area contributed by atoms with Crippen LogP contribution >= 0.6 is 0 Å². The van der Waals surface area contributed by atoms with Gasteiger partial charge in [0.05, 0.1) is 23.9 Å². The van der Waals surface area contributed by atoms with Gasteiger partial charge in [0.15, 0.2) is 11.5 Å². The first-order chi connectivity index (χ1) is 19.3. The quantitative estimate of drug-likeness (QED) is 0.219. The predicted molar refractivity (Wildman–Crippen MR) is 152 cm³/mol. The molecule has 8 heteroatoms. The number of nitrogens with zero attached hydrogens (tertiary/aromatic N) is 2. The van der Waals surface area contributed by atoms with Crippen molar-refractivity contribution in [3.63, 3.8) is 0 Å². The van der Waals surface area contributed by atoms with E-state index in [1.807, 2.05) is 39.0 Å². The summed E-state index contributed by atoms with van der Waals surface area (Å²) in [6, 6.07) is 17.2. The van der Waals surface area contributed by atoms with Gasteiger partial charge in [0.25, 0.3) is 11.8 Å². The smallest absolute Gasteiger partial charge is 0.335 e. The molecule has 0 bridgehead atoms. The van der Waals surface area contributed by atoms with Gasteiger partial charge in [-0.2, -0.15) is 5.26 Å². The Balaban J connectivity index is 1.74. The number of anilines is 1. The second kappa shape index (κ2) is 12.1. The lowest BCUT2D eigenvalue weighted by Crippen LogP contribution is -2.54. The second-order valence-corrected chi connectivity index (χ2v) is 9.22. The number of carbonyl (C=O) groups is 3. The van der Waals surface area contributed by atoms with Gasteiger partial charge in [0.1, 0.15) is 12.2 Å². The van der Waals surface area contributed by atoms with Gasteiger partial charge < -0.3 is 9.47 Å². The molecule has 1 fully saturated rings. The third-order valence-corrected chi connectivity index (χ3v) is 6.49. The van der Waals surface area contributed by atoms with Crippen LogP contribution in [0.15, 0.2) is 72.8 Å². The number of hydrogen-bond acceptors (Lipinski definition) is 6. The van der Waals surface area contributed by atoms with E-state index in [2.05, 4.69) is 18.0 Å². The summed E-state index contributed by atoms with van der Waals surface area (Å²) in [5.74, 6) is -0.627. The van der Waals surface area contributed by atoms with E-state index in [-0.39, 0.29) is 12.2 Å². The Morgan fingerprint density at radius 2 is 1.77 bits per heavy atom. The third-order valence-electron chi connectivity index (χ3n) is 6.49. The number of ether oxygens (including phenoxy) is 2. The van der Waals surface area contributed by atoms with E-state index in [1.54, 1.807) is 42.5 Å². The first kappa shape index (κ1) is 27.9. The number of rotatable bonds is 9. The van der Waals surface area contributed by atoms with Crippen LogP contribution in [0.3, 0.4) is 0 Å². The first-order valence-corrected chi connectivity index (χ1v) is 12.8. The van der Waals surface area contributed by atoms with E-state index < -0.39 is 17.8 Å². The Kier molecular flexibility index (Phi) is 8.45. The molecule has 4 rings (SSSR count). The summed E-state index contributed by atoms with van der Waals surface area (Å²) in [4.78, 5) is 39.8. The maximum Gasteiger partial charge on any atom is 0.335 e. The molecule has 0 atom stereocenters.